The molecule has 1 aliphatic carbocycles. The average molecular weight is 504 g/mol. The minimum Gasteiger partial charge on any atom is -0.378 e. The average Bonchev–Trinajstić information content (AvgIpc) is 3.30. The Labute approximate surface area is 229 Å². The number of benzene rings is 4. The molecule has 0 amide bonds. The van der Waals surface area contributed by atoms with Crippen LogP contribution in [0, 0.1) is 0 Å². The smallest absolute Gasteiger partial charge is 0.137 e. The van der Waals surface area contributed by atoms with Crippen LogP contribution in [0.5, 0.6) is 0 Å². The van der Waals surface area contributed by atoms with Gasteiger partial charge in [0.25, 0.3) is 0 Å². The Bertz CT molecular complexity index is 1770. The zero-order valence-corrected chi connectivity index (χ0v) is 22.1. The van der Waals surface area contributed by atoms with Crippen LogP contribution in [0.15, 0.2) is 120 Å². The molecule has 3 aliphatic heterocycles. The molecule has 3 heterocycles. The standard InChI is InChI=1S/C36H29N3/c1-23-13-14-26-8-7-10-28(34(26)37-23)25-17-15-24(16-18-25)27-19-20-29-30-9-3-4-11-32(30)39-33-12-5-6-21-36(33,2)38-35(39)31(29)22-27/h3-23,33,37H,1-2H3. The van der Waals surface area contributed by atoms with E-state index in [0.29, 0.717) is 6.04 Å². The highest BCUT2D eigenvalue weighted by atomic mass is 15.3. The fourth-order valence-corrected chi connectivity index (χ4v) is 6.56. The lowest BCUT2D eigenvalue weighted by molar-refractivity contribution is 0.550. The molecule has 0 fully saturated rings. The van der Waals surface area contributed by atoms with Gasteiger partial charge in [-0.1, -0.05) is 109 Å². The molecule has 0 saturated carbocycles. The van der Waals surface area contributed by atoms with E-state index in [1.54, 1.807) is 0 Å². The van der Waals surface area contributed by atoms with Gasteiger partial charge in [-0.2, -0.15) is 0 Å². The van der Waals surface area contributed by atoms with Gasteiger partial charge in [0.15, 0.2) is 0 Å². The van der Waals surface area contributed by atoms with Gasteiger partial charge in [-0.15, -0.1) is 0 Å². The fourth-order valence-electron chi connectivity index (χ4n) is 6.56. The number of fused-ring (bicyclic) bond motifs is 9. The van der Waals surface area contributed by atoms with E-state index in [1.807, 2.05) is 0 Å². The predicted molar refractivity (Wildman–Crippen MR) is 164 cm³/mol. The lowest BCUT2D eigenvalue weighted by atomic mass is 9.86. The van der Waals surface area contributed by atoms with Crippen LogP contribution in [0.3, 0.4) is 0 Å². The van der Waals surface area contributed by atoms with Crippen molar-refractivity contribution in [1.29, 1.82) is 0 Å². The molecule has 1 N–H and O–H groups in total. The van der Waals surface area contributed by atoms with Crippen LogP contribution in [0.4, 0.5) is 11.4 Å². The summed E-state index contributed by atoms with van der Waals surface area (Å²) in [4.78, 5) is 7.77. The Morgan fingerprint density at radius 3 is 2.44 bits per heavy atom. The Balaban J connectivity index is 1.22. The number of aliphatic imine (C=N–C) groups is 1. The van der Waals surface area contributed by atoms with Crippen molar-refractivity contribution in [3.05, 3.63) is 126 Å². The highest BCUT2D eigenvalue weighted by molar-refractivity contribution is 6.21. The first-order valence-corrected chi connectivity index (χ1v) is 13.8. The van der Waals surface area contributed by atoms with Gasteiger partial charge in [-0.05, 0) is 53.8 Å². The van der Waals surface area contributed by atoms with Crippen molar-refractivity contribution < 1.29 is 0 Å². The molecule has 188 valence electrons. The number of hydrogen-bond donors (Lipinski definition) is 1. The van der Waals surface area contributed by atoms with Crippen molar-refractivity contribution in [2.45, 2.75) is 31.5 Å². The van der Waals surface area contributed by atoms with Crippen molar-refractivity contribution in [3.63, 3.8) is 0 Å². The molecule has 3 nitrogen and oxygen atoms in total. The number of para-hydroxylation sites is 2. The number of nitrogens with zero attached hydrogens (tertiary/aromatic N) is 2. The van der Waals surface area contributed by atoms with E-state index in [4.69, 9.17) is 4.99 Å². The first-order valence-electron chi connectivity index (χ1n) is 13.8. The van der Waals surface area contributed by atoms with Crippen LogP contribution < -0.4 is 10.2 Å². The summed E-state index contributed by atoms with van der Waals surface area (Å²) in [6.07, 6.45) is 13.2. The Kier molecular flexibility index (Phi) is 4.69. The van der Waals surface area contributed by atoms with Crippen molar-refractivity contribution >= 4 is 23.3 Å². The molecule has 0 spiro atoms. The zero-order valence-electron chi connectivity index (χ0n) is 22.1. The lowest BCUT2D eigenvalue weighted by Crippen LogP contribution is -2.45. The Morgan fingerprint density at radius 2 is 1.54 bits per heavy atom. The number of allylic oxidation sites excluding steroid dienone is 2. The molecule has 4 aliphatic rings. The molecule has 3 atom stereocenters. The largest absolute Gasteiger partial charge is 0.378 e. The molecule has 3 heteroatoms. The Hall–Kier alpha value is -4.63. The summed E-state index contributed by atoms with van der Waals surface area (Å²) in [5.74, 6) is 1.06. The molecule has 4 aromatic rings. The number of amidine groups is 1. The Morgan fingerprint density at radius 1 is 0.744 bits per heavy atom. The minimum absolute atomic E-state index is 0.178. The predicted octanol–water partition coefficient (Wildman–Crippen LogP) is 8.35. The summed E-state index contributed by atoms with van der Waals surface area (Å²) in [7, 11) is 0. The van der Waals surface area contributed by atoms with Crippen LogP contribution in [0.1, 0.15) is 25.0 Å². The highest BCUT2D eigenvalue weighted by Gasteiger charge is 2.47. The topological polar surface area (TPSA) is 27.6 Å². The summed E-state index contributed by atoms with van der Waals surface area (Å²) < 4.78 is 0. The zero-order chi connectivity index (χ0) is 26.1. The molecule has 4 aromatic carbocycles. The van der Waals surface area contributed by atoms with E-state index < -0.39 is 0 Å². The third-order valence-electron chi connectivity index (χ3n) is 8.57. The van der Waals surface area contributed by atoms with Crippen LogP contribution in [0.25, 0.3) is 39.5 Å². The molecule has 3 unspecified atom stereocenters. The molecule has 0 radical (unpaired) electrons. The van der Waals surface area contributed by atoms with Crippen LogP contribution in [0.2, 0.25) is 0 Å². The molecule has 0 aromatic heterocycles. The van der Waals surface area contributed by atoms with E-state index in [2.05, 4.69) is 145 Å². The summed E-state index contributed by atoms with van der Waals surface area (Å²) in [5.41, 5.74) is 12.0. The van der Waals surface area contributed by atoms with Gasteiger partial charge in [0, 0.05) is 28.4 Å². The third-order valence-corrected chi connectivity index (χ3v) is 8.57. The molecule has 0 saturated heterocycles. The van der Waals surface area contributed by atoms with Crippen molar-refractivity contribution in [2.75, 3.05) is 10.2 Å². The van der Waals surface area contributed by atoms with Gasteiger partial charge >= 0.3 is 0 Å². The van der Waals surface area contributed by atoms with Crippen LogP contribution in [-0.2, 0) is 0 Å². The van der Waals surface area contributed by atoms with Crippen LogP contribution in [-0.4, -0.2) is 23.5 Å². The molecular formula is C36H29N3. The normalized spacial score (nSPS) is 23.2. The number of nitrogens with one attached hydrogen (secondary N) is 1. The summed E-state index contributed by atoms with van der Waals surface area (Å²) >= 11 is 0. The molecule has 8 rings (SSSR count). The van der Waals surface area contributed by atoms with Gasteiger partial charge in [-0.3, -0.25) is 4.99 Å². The van der Waals surface area contributed by atoms with E-state index in [1.165, 1.54) is 55.9 Å². The quantitative estimate of drug-likeness (QED) is 0.298. The maximum Gasteiger partial charge on any atom is 0.137 e. The van der Waals surface area contributed by atoms with Crippen molar-refractivity contribution in [2.24, 2.45) is 4.99 Å². The van der Waals surface area contributed by atoms with Gasteiger partial charge in [0.05, 0.1) is 11.7 Å². The van der Waals surface area contributed by atoms with E-state index >= 15 is 0 Å². The molecular weight excluding hydrogens is 474 g/mol. The first-order chi connectivity index (χ1) is 19.1. The summed E-state index contributed by atoms with van der Waals surface area (Å²) in [6, 6.07) is 31.6. The number of rotatable bonds is 2. The highest BCUT2D eigenvalue weighted by Crippen LogP contribution is 2.47. The van der Waals surface area contributed by atoms with Gasteiger partial charge in [0.2, 0.25) is 0 Å². The van der Waals surface area contributed by atoms with E-state index in [9.17, 15) is 0 Å². The van der Waals surface area contributed by atoms with Crippen molar-refractivity contribution in [3.8, 4) is 33.4 Å². The molecule has 0 bridgehead atoms. The lowest BCUT2D eigenvalue weighted by Gasteiger charge is -2.37. The second-order valence-electron chi connectivity index (χ2n) is 11.1. The second-order valence-corrected chi connectivity index (χ2v) is 11.1. The van der Waals surface area contributed by atoms with Gasteiger partial charge < -0.3 is 10.2 Å². The summed E-state index contributed by atoms with van der Waals surface area (Å²) in [6.45, 7) is 4.42. The monoisotopic (exact) mass is 503 g/mol. The fraction of sp³-hybridized carbons (Fsp3) is 0.139. The van der Waals surface area contributed by atoms with E-state index in [-0.39, 0.29) is 11.6 Å². The summed E-state index contributed by atoms with van der Waals surface area (Å²) in [5, 5.41) is 3.65. The molecule has 39 heavy (non-hydrogen) atoms. The second kappa shape index (κ2) is 8.18. The van der Waals surface area contributed by atoms with E-state index in [0.717, 1.165) is 5.84 Å². The number of hydrogen-bond acceptors (Lipinski definition) is 3. The SMILES string of the molecule is CC1C=Cc2cccc(-c3ccc(-c4ccc5c(c4)C4=NC6(C)C=CC=CC6N4c4ccccc4-5)cc3)c2N1. The maximum atomic E-state index is 5.33. The minimum atomic E-state index is -0.272. The van der Waals surface area contributed by atoms with Crippen molar-refractivity contribution in [1.82, 2.24) is 0 Å². The maximum absolute atomic E-state index is 5.33. The number of anilines is 2. The van der Waals surface area contributed by atoms with Gasteiger partial charge in [0.1, 0.15) is 11.4 Å². The third kappa shape index (κ3) is 3.33. The van der Waals surface area contributed by atoms with Crippen LogP contribution >= 0.6 is 0 Å². The van der Waals surface area contributed by atoms with Gasteiger partial charge in [-0.25, -0.2) is 0 Å². The first kappa shape index (κ1) is 22.4.